The van der Waals surface area contributed by atoms with E-state index >= 15 is 0 Å². The molecule has 13 rings (SSSR count). The zero-order chi connectivity index (χ0) is 46.8. The molecule has 8 unspecified atom stereocenters. The highest BCUT2D eigenvalue weighted by molar-refractivity contribution is 7.17. The molecule has 2 aliphatic heterocycles. The molecule has 4 nitrogen and oxygen atoms in total. The van der Waals surface area contributed by atoms with Crippen molar-refractivity contribution in [3.05, 3.63) is 194 Å². The average Bonchev–Trinajstić information content (AvgIpc) is 3.96. The van der Waals surface area contributed by atoms with Crippen LogP contribution in [-0.4, -0.2) is 41.1 Å². The van der Waals surface area contributed by atoms with E-state index in [0.717, 1.165) is 63.6 Å². The van der Waals surface area contributed by atoms with Gasteiger partial charge in [0.1, 0.15) is 18.2 Å². The largest absolute Gasteiger partial charge is 0.351 e. The van der Waals surface area contributed by atoms with Gasteiger partial charge < -0.3 is 10.2 Å². The van der Waals surface area contributed by atoms with Gasteiger partial charge in [0.15, 0.2) is 0 Å². The highest BCUT2D eigenvalue weighted by Crippen LogP contribution is 2.50. The first-order valence-corrected chi connectivity index (χ1v) is 28.0. The highest BCUT2D eigenvalue weighted by atomic mass is 32.1. The lowest BCUT2D eigenvalue weighted by molar-refractivity contribution is 0.0925. The van der Waals surface area contributed by atoms with Crippen molar-refractivity contribution < 1.29 is 0 Å². The minimum absolute atomic E-state index is 0.0304. The summed E-state index contributed by atoms with van der Waals surface area (Å²) in [6.07, 6.45) is 69.5. The summed E-state index contributed by atoms with van der Waals surface area (Å²) in [7, 11) is 2.30. The number of allylic oxidation sites excluding steroid dienone is 24. The predicted octanol–water partition coefficient (Wildman–Crippen LogP) is 14.1. The Hall–Kier alpha value is -5.49. The molecular weight excluding hydrogens is 869 g/mol. The van der Waals surface area contributed by atoms with E-state index in [4.69, 9.17) is 4.99 Å². The fourth-order valence-corrected chi connectivity index (χ4v) is 15.7. The Labute approximate surface area is 420 Å². The smallest absolute Gasteiger partial charge is 0.131 e. The van der Waals surface area contributed by atoms with Gasteiger partial charge in [-0.1, -0.05) is 152 Å². The molecule has 70 heavy (non-hydrogen) atoms. The Morgan fingerprint density at radius 1 is 0.786 bits per heavy atom. The van der Waals surface area contributed by atoms with Crippen molar-refractivity contribution in [3.8, 4) is 0 Å². The Bertz CT molecular complexity index is 3120. The maximum absolute atomic E-state index is 5.93. The molecule has 0 spiro atoms. The van der Waals surface area contributed by atoms with Gasteiger partial charge >= 0.3 is 0 Å². The lowest BCUT2D eigenvalue weighted by Gasteiger charge is -2.47. The van der Waals surface area contributed by atoms with E-state index in [-0.39, 0.29) is 17.7 Å². The molecule has 2 aromatic rings. The van der Waals surface area contributed by atoms with Gasteiger partial charge in [0, 0.05) is 54.8 Å². The van der Waals surface area contributed by atoms with Gasteiger partial charge in [-0.2, -0.15) is 0 Å². The molecule has 1 aromatic carbocycles. The van der Waals surface area contributed by atoms with Crippen LogP contribution in [0.3, 0.4) is 0 Å². The quantitative estimate of drug-likeness (QED) is 0.268. The van der Waals surface area contributed by atoms with E-state index in [1.807, 2.05) is 11.3 Å². The SMILES string of the molecule is CN1C(C2=CC=CCC2)NC(C2=C(c3cccc4c5c(sc34)=CC3C4CC=CC=C4N(C4=CCCCC4)C3C=5)CCC(C3=CC=C(C4C=CCCC4)C(C4=CC=CCC4)C3)=C2)=NC1C1(C)C=CC=CC1. The molecule has 356 valence electrons. The van der Waals surface area contributed by atoms with Gasteiger partial charge in [-0.05, 0) is 161 Å². The third-order valence-electron chi connectivity index (χ3n) is 18.0. The molecule has 1 aromatic heterocycles. The number of fused-ring (bicyclic) bond motifs is 6. The molecule has 0 amide bonds. The lowest BCUT2D eigenvalue weighted by atomic mass is 9.70. The number of likely N-dealkylation sites (tertiary alicyclic amines) is 1. The number of hydrogen-bond acceptors (Lipinski definition) is 5. The fourth-order valence-electron chi connectivity index (χ4n) is 14.3. The van der Waals surface area contributed by atoms with Crippen molar-refractivity contribution in [3.63, 3.8) is 0 Å². The van der Waals surface area contributed by atoms with Gasteiger partial charge in [-0.3, -0.25) is 4.90 Å². The van der Waals surface area contributed by atoms with E-state index in [9.17, 15) is 0 Å². The van der Waals surface area contributed by atoms with Crippen LogP contribution in [0.15, 0.2) is 183 Å². The molecule has 8 atom stereocenters. The number of hydrogen-bond donors (Lipinski definition) is 1. The van der Waals surface area contributed by atoms with E-state index in [2.05, 4.69) is 175 Å². The first-order chi connectivity index (χ1) is 34.5. The van der Waals surface area contributed by atoms with Crippen molar-refractivity contribution in [1.29, 1.82) is 0 Å². The molecule has 9 aliphatic carbocycles. The maximum Gasteiger partial charge on any atom is 0.131 e. The van der Waals surface area contributed by atoms with Gasteiger partial charge in [0.05, 0.1) is 6.04 Å². The van der Waals surface area contributed by atoms with Crippen LogP contribution < -0.4 is 15.1 Å². The summed E-state index contributed by atoms with van der Waals surface area (Å²) in [5.74, 6) is 3.08. The summed E-state index contributed by atoms with van der Waals surface area (Å²) in [5.41, 5.74) is 14.8. The van der Waals surface area contributed by atoms with Crippen molar-refractivity contribution in [2.75, 3.05) is 7.05 Å². The number of nitrogens with zero attached hydrogens (tertiary/aromatic N) is 3. The minimum atomic E-state index is -0.139. The van der Waals surface area contributed by atoms with Crippen LogP contribution in [0.4, 0.5) is 0 Å². The van der Waals surface area contributed by atoms with Crippen LogP contribution in [-0.2, 0) is 0 Å². The van der Waals surface area contributed by atoms with E-state index in [0.29, 0.717) is 29.7 Å². The van der Waals surface area contributed by atoms with E-state index < -0.39 is 0 Å². The number of nitrogens with one attached hydrogen (secondary N) is 1. The minimum Gasteiger partial charge on any atom is -0.351 e. The fraction of sp³-hybridized carbons (Fsp3) is 0.400. The van der Waals surface area contributed by atoms with Crippen LogP contribution in [0.2, 0.25) is 0 Å². The summed E-state index contributed by atoms with van der Waals surface area (Å²) in [6, 6.07) is 7.60. The maximum atomic E-state index is 5.93. The van der Waals surface area contributed by atoms with Gasteiger partial charge in [-0.25, -0.2) is 4.99 Å². The molecule has 5 heteroatoms. The zero-order valence-corrected chi connectivity index (χ0v) is 42.3. The Balaban J connectivity index is 0.975. The number of rotatable bonds is 8. The second kappa shape index (κ2) is 18.6. The van der Waals surface area contributed by atoms with Gasteiger partial charge in [0.25, 0.3) is 0 Å². The van der Waals surface area contributed by atoms with Crippen LogP contribution in [0.25, 0.3) is 27.8 Å². The predicted molar refractivity (Wildman–Crippen MR) is 296 cm³/mol. The Morgan fingerprint density at radius 2 is 1.67 bits per heavy atom. The van der Waals surface area contributed by atoms with Gasteiger partial charge in [0.2, 0.25) is 0 Å². The number of likely N-dealkylation sites (N-methyl/N-ethyl adjacent to an activating group) is 1. The van der Waals surface area contributed by atoms with Crippen molar-refractivity contribution >= 4 is 45.0 Å². The number of thiophene rings is 1. The summed E-state index contributed by atoms with van der Waals surface area (Å²) >= 11 is 2.05. The number of amidine groups is 1. The second-order valence-corrected chi connectivity index (χ2v) is 23.3. The Kier molecular flexibility index (Phi) is 11.8. The van der Waals surface area contributed by atoms with Crippen molar-refractivity contribution in [2.45, 2.75) is 128 Å². The van der Waals surface area contributed by atoms with Crippen LogP contribution >= 0.6 is 11.3 Å². The molecule has 1 fully saturated rings. The Morgan fingerprint density at radius 3 is 2.47 bits per heavy atom. The first-order valence-electron chi connectivity index (χ1n) is 27.2. The average molecular weight is 939 g/mol. The van der Waals surface area contributed by atoms with Crippen molar-refractivity contribution in [1.82, 2.24) is 15.1 Å². The molecule has 0 radical (unpaired) electrons. The van der Waals surface area contributed by atoms with Crippen LogP contribution in [0, 0.1) is 29.1 Å². The first kappa shape index (κ1) is 44.5. The standard InChI is InChI=1S/C65H70N4S/c1-65(37-18-7-19-38-65)64-67-62(66-63(68(64)2)45-25-12-5-13-26-45)57-40-47(46-33-35-49(43-21-8-3-9-22-43)54(39-46)44-23-10-4-11-24-44)34-36-50(57)52-30-20-31-53-56-41-59-55(42-60(56)70-61(52)53)51-29-16-17-32-58(51)69(59)48-27-14-6-15-28-48/h4-5,7-8,10,12,16-21,23,25,27,30-33,35,37,40-43,51,54-55,59,63-64H,3,6,9,11,13-15,22,24,26,28-29,34,36,38-39H2,1-2H3,(H,66,67). The molecule has 3 heterocycles. The van der Waals surface area contributed by atoms with Crippen LogP contribution in [0.1, 0.15) is 115 Å². The molecular formula is C65H70N4S. The molecule has 1 saturated heterocycles. The van der Waals surface area contributed by atoms with E-state index in [1.54, 1.807) is 22.5 Å². The van der Waals surface area contributed by atoms with E-state index in [1.165, 1.54) is 98.2 Å². The van der Waals surface area contributed by atoms with Crippen molar-refractivity contribution in [2.24, 2.45) is 34.1 Å². The van der Waals surface area contributed by atoms with Gasteiger partial charge in [-0.15, -0.1) is 11.3 Å². The molecule has 11 aliphatic rings. The normalized spacial score (nSPS) is 32.5. The number of aliphatic imine (C=N–C) groups is 1. The zero-order valence-electron chi connectivity index (χ0n) is 41.5. The third-order valence-corrected chi connectivity index (χ3v) is 19.2. The molecule has 0 bridgehead atoms. The highest BCUT2D eigenvalue weighted by Gasteiger charge is 2.46. The summed E-state index contributed by atoms with van der Waals surface area (Å²) in [6.45, 7) is 2.42. The topological polar surface area (TPSA) is 30.9 Å². The monoisotopic (exact) mass is 939 g/mol. The summed E-state index contributed by atoms with van der Waals surface area (Å²) < 4.78 is 2.90. The molecule has 0 saturated carbocycles. The second-order valence-electron chi connectivity index (χ2n) is 22.3. The van der Waals surface area contributed by atoms with Crippen LogP contribution in [0.5, 0.6) is 0 Å². The summed E-state index contributed by atoms with van der Waals surface area (Å²) in [4.78, 5) is 11.2. The summed E-state index contributed by atoms with van der Waals surface area (Å²) in [5, 5.41) is 7.05. The molecule has 1 N–H and O–H groups in total. The number of benzene rings is 1. The third kappa shape index (κ3) is 7.86. The lowest BCUT2D eigenvalue weighted by Crippen LogP contribution is -2.60.